The van der Waals surface area contributed by atoms with Gasteiger partial charge in [0, 0.05) is 24.3 Å². The number of pyridine rings is 2. The summed E-state index contributed by atoms with van der Waals surface area (Å²) in [6.07, 6.45) is 5.29. The number of nitrogens with zero attached hydrogens (tertiary/aromatic N) is 2. The average Bonchev–Trinajstić information content (AvgIpc) is 3.01. The molecule has 3 aromatic rings. The predicted molar refractivity (Wildman–Crippen MR) is 77.5 cm³/mol. The van der Waals surface area contributed by atoms with E-state index in [9.17, 15) is 0 Å². The van der Waals surface area contributed by atoms with Crippen LogP contribution >= 0.6 is 11.3 Å². The van der Waals surface area contributed by atoms with Crippen LogP contribution in [0.3, 0.4) is 0 Å². The summed E-state index contributed by atoms with van der Waals surface area (Å²) >= 11 is 1.71. The highest BCUT2D eigenvalue weighted by atomic mass is 32.1. The van der Waals surface area contributed by atoms with Crippen LogP contribution in [0.5, 0.6) is 0 Å². The molecule has 0 aliphatic heterocycles. The largest absolute Gasteiger partial charge is 0.265 e. The van der Waals surface area contributed by atoms with Crippen LogP contribution in [0.1, 0.15) is 5.69 Å². The smallest absolute Gasteiger partial charge is 0.0372 e. The van der Waals surface area contributed by atoms with Crippen molar-refractivity contribution < 1.29 is 0 Å². The van der Waals surface area contributed by atoms with Crippen LogP contribution in [0, 0.1) is 6.92 Å². The van der Waals surface area contributed by atoms with Crippen LogP contribution in [-0.4, -0.2) is 9.97 Å². The standard InChI is InChI=1S/C6H7N.C5H5N.C4H4S/c1-6-4-2-3-5-7-6;1-2-4-6-5-3-1;1-2-4-5-3-1/h2-5H,1H3;1-5H;1-4H. The van der Waals surface area contributed by atoms with Crippen molar-refractivity contribution in [2.24, 2.45) is 0 Å². The average molecular weight is 256 g/mol. The van der Waals surface area contributed by atoms with E-state index in [1.54, 1.807) is 29.9 Å². The number of hydrogen-bond donors (Lipinski definition) is 0. The highest BCUT2D eigenvalue weighted by Crippen LogP contribution is 1.91. The summed E-state index contributed by atoms with van der Waals surface area (Å²) in [4.78, 5) is 7.76. The van der Waals surface area contributed by atoms with Crippen molar-refractivity contribution in [1.82, 2.24) is 9.97 Å². The Hall–Kier alpha value is -2.00. The zero-order valence-electron chi connectivity index (χ0n) is 10.3. The van der Waals surface area contributed by atoms with Crippen LogP contribution in [0.4, 0.5) is 0 Å². The maximum absolute atomic E-state index is 3.98. The summed E-state index contributed by atoms with van der Waals surface area (Å²) < 4.78 is 0. The lowest BCUT2D eigenvalue weighted by Gasteiger charge is -1.82. The Labute approximate surface area is 112 Å². The summed E-state index contributed by atoms with van der Waals surface area (Å²) in [5, 5.41) is 4.08. The van der Waals surface area contributed by atoms with Gasteiger partial charge in [0.05, 0.1) is 0 Å². The Balaban J connectivity index is 0.000000137. The fraction of sp³-hybridized carbons (Fsp3) is 0.0667. The minimum Gasteiger partial charge on any atom is -0.265 e. The van der Waals surface area contributed by atoms with Crippen molar-refractivity contribution >= 4 is 11.3 Å². The summed E-state index contributed by atoms with van der Waals surface area (Å²) in [7, 11) is 0. The van der Waals surface area contributed by atoms with Gasteiger partial charge >= 0.3 is 0 Å². The van der Waals surface area contributed by atoms with Gasteiger partial charge in [0.2, 0.25) is 0 Å². The lowest BCUT2D eigenvalue weighted by molar-refractivity contribution is 1.20. The molecule has 3 aromatic heterocycles. The highest BCUT2D eigenvalue weighted by Gasteiger charge is 1.73. The molecule has 0 amide bonds. The molecule has 0 aromatic carbocycles. The van der Waals surface area contributed by atoms with E-state index in [-0.39, 0.29) is 0 Å². The molecule has 0 saturated heterocycles. The van der Waals surface area contributed by atoms with E-state index in [2.05, 4.69) is 9.97 Å². The van der Waals surface area contributed by atoms with E-state index in [4.69, 9.17) is 0 Å². The molecule has 0 aliphatic rings. The fourth-order valence-corrected chi connectivity index (χ4v) is 1.44. The zero-order chi connectivity index (χ0) is 12.9. The van der Waals surface area contributed by atoms with Crippen molar-refractivity contribution in [3.8, 4) is 0 Å². The second-order valence-corrected chi connectivity index (χ2v) is 4.11. The van der Waals surface area contributed by atoms with Crippen molar-refractivity contribution in [2.45, 2.75) is 6.92 Å². The molecule has 0 aliphatic carbocycles. The predicted octanol–water partition coefficient (Wildman–Crippen LogP) is 4.22. The van der Waals surface area contributed by atoms with Crippen LogP contribution in [0.2, 0.25) is 0 Å². The minimum atomic E-state index is 1.07. The monoisotopic (exact) mass is 256 g/mol. The topological polar surface area (TPSA) is 25.8 Å². The van der Waals surface area contributed by atoms with Gasteiger partial charge in [0.1, 0.15) is 0 Å². The first kappa shape index (κ1) is 14.1. The van der Waals surface area contributed by atoms with Gasteiger partial charge in [0.15, 0.2) is 0 Å². The first-order valence-electron chi connectivity index (χ1n) is 5.59. The molecule has 0 bridgehead atoms. The van der Waals surface area contributed by atoms with Crippen LogP contribution in [0.15, 0.2) is 77.9 Å². The van der Waals surface area contributed by atoms with E-state index in [1.807, 2.05) is 66.2 Å². The Kier molecular flexibility index (Phi) is 7.95. The molecule has 0 unspecified atom stereocenters. The normalized spacial score (nSPS) is 8.28. The SMILES string of the molecule is Cc1ccccn1.c1ccncc1.c1ccsc1. The van der Waals surface area contributed by atoms with Gasteiger partial charge in [-0.2, -0.15) is 11.3 Å². The van der Waals surface area contributed by atoms with Crippen LogP contribution in [0.25, 0.3) is 0 Å². The van der Waals surface area contributed by atoms with Gasteiger partial charge in [-0.25, -0.2) is 0 Å². The fourth-order valence-electron chi connectivity index (χ4n) is 0.988. The molecule has 3 heterocycles. The third-order valence-electron chi connectivity index (χ3n) is 1.80. The van der Waals surface area contributed by atoms with Gasteiger partial charge in [-0.1, -0.05) is 24.3 Å². The molecule has 92 valence electrons. The molecule has 3 rings (SSSR count). The minimum absolute atomic E-state index is 1.07. The summed E-state index contributed by atoms with van der Waals surface area (Å²) in [6, 6.07) is 15.6. The van der Waals surface area contributed by atoms with Crippen molar-refractivity contribution in [2.75, 3.05) is 0 Å². The Morgan fingerprint density at radius 3 is 1.67 bits per heavy atom. The number of thiophene rings is 1. The molecule has 0 spiro atoms. The molecular weight excluding hydrogens is 240 g/mol. The molecule has 0 atom stereocenters. The second kappa shape index (κ2) is 10.2. The molecule has 18 heavy (non-hydrogen) atoms. The molecule has 0 saturated carbocycles. The Morgan fingerprint density at radius 2 is 1.44 bits per heavy atom. The Bertz CT molecular complexity index is 422. The number of hydrogen-bond acceptors (Lipinski definition) is 3. The highest BCUT2D eigenvalue weighted by molar-refractivity contribution is 7.07. The summed E-state index contributed by atoms with van der Waals surface area (Å²) in [6.45, 7) is 1.97. The van der Waals surface area contributed by atoms with Gasteiger partial charge in [-0.3, -0.25) is 9.97 Å². The van der Waals surface area contributed by atoms with E-state index in [0.717, 1.165) is 5.69 Å². The van der Waals surface area contributed by atoms with E-state index < -0.39 is 0 Å². The lowest BCUT2D eigenvalue weighted by Crippen LogP contribution is -1.72. The molecule has 2 nitrogen and oxygen atoms in total. The molecule has 0 N–H and O–H groups in total. The summed E-state index contributed by atoms with van der Waals surface area (Å²) in [5.74, 6) is 0. The van der Waals surface area contributed by atoms with Gasteiger partial charge < -0.3 is 0 Å². The molecule has 3 heteroatoms. The molecular formula is C15H16N2S. The lowest BCUT2D eigenvalue weighted by atomic mass is 10.4. The Morgan fingerprint density at radius 1 is 0.778 bits per heavy atom. The molecule has 0 radical (unpaired) electrons. The van der Waals surface area contributed by atoms with E-state index >= 15 is 0 Å². The third-order valence-corrected chi connectivity index (χ3v) is 2.43. The van der Waals surface area contributed by atoms with Gasteiger partial charge in [-0.05, 0) is 41.9 Å². The number of rotatable bonds is 0. The van der Waals surface area contributed by atoms with Crippen molar-refractivity contribution in [3.05, 3.63) is 83.6 Å². The van der Waals surface area contributed by atoms with Crippen molar-refractivity contribution in [3.63, 3.8) is 0 Å². The van der Waals surface area contributed by atoms with Crippen LogP contribution in [-0.2, 0) is 0 Å². The first-order chi connectivity index (χ1) is 8.89. The van der Waals surface area contributed by atoms with Crippen LogP contribution < -0.4 is 0 Å². The maximum atomic E-state index is 3.98. The van der Waals surface area contributed by atoms with E-state index in [1.165, 1.54) is 0 Å². The first-order valence-corrected chi connectivity index (χ1v) is 6.53. The third kappa shape index (κ3) is 8.19. The van der Waals surface area contributed by atoms with Gasteiger partial charge in [0.25, 0.3) is 0 Å². The second-order valence-electron chi connectivity index (χ2n) is 3.29. The maximum Gasteiger partial charge on any atom is 0.0372 e. The zero-order valence-corrected chi connectivity index (χ0v) is 11.1. The van der Waals surface area contributed by atoms with Gasteiger partial charge in [-0.15, -0.1) is 0 Å². The van der Waals surface area contributed by atoms with E-state index in [0.29, 0.717) is 0 Å². The molecule has 0 fully saturated rings. The van der Waals surface area contributed by atoms with Crippen molar-refractivity contribution in [1.29, 1.82) is 0 Å². The quantitative estimate of drug-likeness (QED) is 0.602. The summed E-state index contributed by atoms with van der Waals surface area (Å²) in [5.41, 5.74) is 1.07. The number of aryl methyl sites for hydroxylation is 1. The number of aromatic nitrogens is 2.